The molecule has 0 radical (unpaired) electrons. The summed E-state index contributed by atoms with van der Waals surface area (Å²) in [6, 6.07) is 12.1. The van der Waals surface area contributed by atoms with Crippen molar-refractivity contribution in [3.8, 4) is 0 Å². The second kappa shape index (κ2) is 7.59. The molecule has 0 saturated heterocycles. The van der Waals surface area contributed by atoms with E-state index >= 15 is 0 Å². The van der Waals surface area contributed by atoms with E-state index in [2.05, 4.69) is 5.32 Å². The van der Waals surface area contributed by atoms with Crippen molar-refractivity contribution in [1.82, 2.24) is 5.32 Å². The quantitative estimate of drug-likeness (QED) is 0.787. The second-order valence-electron chi connectivity index (χ2n) is 5.85. The fraction of sp³-hybridized carbons (Fsp3) is 0.278. The van der Waals surface area contributed by atoms with Crippen molar-refractivity contribution >= 4 is 15.9 Å². The summed E-state index contributed by atoms with van der Waals surface area (Å²) in [6.45, 7) is 4.55. The molecule has 24 heavy (non-hydrogen) atoms. The van der Waals surface area contributed by atoms with Crippen LogP contribution in [-0.4, -0.2) is 20.9 Å². The third-order valence-corrected chi connectivity index (χ3v) is 4.88. The summed E-state index contributed by atoms with van der Waals surface area (Å²) in [7, 11) is -3.65. The molecular formula is C18H22N2O3S. The highest BCUT2D eigenvalue weighted by Gasteiger charge is 2.08. The first-order valence-electron chi connectivity index (χ1n) is 7.74. The Hall–Kier alpha value is -2.18. The molecule has 0 bridgehead atoms. The summed E-state index contributed by atoms with van der Waals surface area (Å²) in [5, 5.41) is 7.96. The number of hydrogen-bond acceptors (Lipinski definition) is 3. The van der Waals surface area contributed by atoms with Crippen molar-refractivity contribution < 1.29 is 13.2 Å². The third-order valence-electron chi connectivity index (χ3n) is 3.95. The number of benzene rings is 2. The highest BCUT2D eigenvalue weighted by molar-refractivity contribution is 7.89. The van der Waals surface area contributed by atoms with Crippen molar-refractivity contribution in [2.45, 2.75) is 31.6 Å². The Bertz CT molecular complexity index is 828. The summed E-state index contributed by atoms with van der Waals surface area (Å²) < 4.78 is 22.4. The van der Waals surface area contributed by atoms with E-state index in [0.717, 1.165) is 29.5 Å². The predicted octanol–water partition coefficient (Wildman–Crippen LogP) is 2.31. The maximum atomic E-state index is 12.1. The van der Waals surface area contributed by atoms with Crippen LogP contribution in [0.5, 0.6) is 0 Å². The molecule has 0 aromatic heterocycles. The molecule has 128 valence electrons. The Morgan fingerprint density at radius 2 is 1.71 bits per heavy atom. The van der Waals surface area contributed by atoms with E-state index in [9.17, 15) is 13.2 Å². The number of carbonyl (C=O) groups excluding carboxylic acids is 1. The molecule has 2 aromatic rings. The van der Waals surface area contributed by atoms with Crippen LogP contribution in [0.1, 0.15) is 33.5 Å². The molecular weight excluding hydrogens is 324 g/mol. The Balaban J connectivity index is 1.82. The van der Waals surface area contributed by atoms with Gasteiger partial charge in [-0.15, -0.1) is 0 Å². The van der Waals surface area contributed by atoms with Crippen LogP contribution in [-0.2, 0) is 16.4 Å². The van der Waals surface area contributed by atoms with E-state index in [1.54, 1.807) is 12.1 Å². The molecule has 0 fully saturated rings. The summed E-state index contributed by atoms with van der Waals surface area (Å²) in [5.41, 5.74) is 3.92. The minimum atomic E-state index is -3.65. The molecule has 0 spiro atoms. The van der Waals surface area contributed by atoms with Crippen molar-refractivity contribution in [3.63, 3.8) is 0 Å². The molecule has 0 unspecified atom stereocenters. The number of hydrogen-bond donors (Lipinski definition) is 2. The average molecular weight is 346 g/mol. The lowest BCUT2D eigenvalue weighted by molar-refractivity contribution is 0.0953. The summed E-state index contributed by atoms with van der Waals surface area (Å²) in [5.74, 6) is -0.0809. The van der Waals surface area contributed by atoms with Crippen LogP contribution in [0.3, 0.4) is 0 Å². The number of sulfonamides is 1. The SMILES string of the molecule is Cc1ccc(C(=O)NCCCc2ccc(S(N)(=O)=O)cc2)cc1C. The van der Waals surface area contributed by atoms with Crippen molar-refractivity contribution in [3.05, 3.63) is 64.7 Å². The maximum Gasteiger partial charge on any atom is 0.251 e. The minimum Gasteiger partial charge on any atom is -0.352 e. The number of carbonyl (C=O) groups is 1. The largest absolute Gasteiger partial charge is 0.352 e. The number of nitrogens with two attached hydrogens (primary N) is 1. The van der Waals surface area contributed by atoms with Gasteiger partial charge in [0.15, 0.2) is 0 Å². The Morgan fingerprint density at radius 1 is 1.04 bits per heavy atom. The molecule has 0 aliphatic rings. The summed E-state index contributed by atoms with van der Waals surface area (Å²) >= 11 is 0. The normalized spacial score (nSPS) is 11.3. The fourth-order valence-electron chi connectivity index (χ4n) is 2.32. The molecule has 0 atom stereocenters. The lowest BCUT2D eigenvalue weighted by atomic mass is 10.1. The minimum absolute atomic E-state index is 0.0809. The van der Waals surface area contributed by atoms with Crippen LogP contribution in [0.25, 0.3) is 0 Å². The first-order valence-corrected chi connectivity index (χ1v) is 9.29. The Morgan fingerprint density at radius 3 is 2.29 bits per heavy atom. The van der Waals surface area contributed by atoms with E-state index < -0.39 is 10.0 Å². The van der Waals surface area contributed by atoms with Crippen LogP contribution in [0.4, 0.5) is 0 Å². The van der Waals surface area contributed by atoms with E-state index in [4.69, 9.17) is 5.14 Å². The number of primary sulfonamides is 1. The summed E-state index contributed by atoms with van der Waals surface area (Å²) in [6.07, 6.45) is 1.52. The van der Waals surface area contributed by atoms with Crippen LogP contribution in [0.2, 0.25) is 0 Å². The van der Waals surface area contributed by atoms with Gasteiger partial charge >= 0.3 is 0 Å². The Kier molecular flexibility index (Phi) is 5.75. The van der Waals surface area contributed by atoms with E-state index in [0.29, 0.717) is 12.1 Å². The van der Waals surface area contributed by atoms with Gasteiger partial charge in [0.2, 0.25) is 10.0 Å². The lowest BCUT2D eigenvalue weighted by Gasteiger charge is -2.07. The zero-order valence-electron chi connectivity index (χ0n) is 13.9. The van der Waals surface area contributed by atoms with Gasteiger partial charge in [0, 0.05) is 12.1 Å². The van der Waals surface area contributed by atoms with E-state index in [-0.39, 0.29) is 10.8 Å². The van der Waals surface area contributed by atoms with Gasteiger partial charge in [-0.2, -0.15) is 0 Å². The molecule has 5 nitrogen and oxygen atoms in total. The van der Waals surface area contributed by atoms with Gasteiger partial charge < -0.3 is 5.32 Å². The maximum absolute atomic E-state index is 12.1. The number of aryl methyl sites for hydroxylation is 3. The topological polar surface area (TPSA) is 89.3 Å². The van der Waals surface area contributed by atoms with Gasteiger partial charge in [-0.05, 0) is 67.6 Å². The second-order valence-corrected chi connectivity index (χ2v) is 7.41. The van der Waals surface area contributed by atoms with Crippen LogP contribution < -0.4 is 10.5 Å². The molecule has 3 N–H and O–H groups in total. The van der Waals surface area contributed by atoms with Gasteiger partial charge in [-0.25, -0.2) is 13.6 Å². The number of rotatable bonds is 6. The molecule has 0 aliphatic heterocycles. The molecule has 6 heteroatoms. The molecule has 0 saturated carbocycles. The number of amides is 1. The molecule has 0 heterocycles. The van der Waals surface area contributed by atoms with Crippen LogP contribution >= 0.6 is 0 Å². The average Bonchev–Trinajstić information content (AvgIpc) is 2.53. The molecule has 2 aromatic carbocycles. The van der Waals surface area contributed by atoms with Crippen molar-refractivity contribution in [2.75, 3.05) is 6.54 Å². The zero-order valence-corrected chi connectivity index (χ0v) is 14.7. The van der Waals surface area contributed by atoms with E-state index in [1.807, 2.05) is 32.0 Å². The highest BCUT2D eigenvalue weighted by Crippen LogP contribution is 2.11. The summed E-state index contributed by atoms with van der Waals surface area (Å²) in [4.78, 5) is 12.2. The van der Waals surface area contributed by atoms with Crippen molar-refractivity contribution in [1.29, 1.82) is 0 Å². The predicted molar refractivity (Wildman–Crippen MR) is 94.4 cm³/mol. The van der Waals surface area contributed by atoms with Gasteiger partial charge in [-0.1, -0.05) is 18.2 Å². The van der Waals surface area contributed by atoms with Gasteiger partial charge in [-0.3, -0.25) is 4.79 Å². The zero-order chi connectivity index (χ0) is 17.7. The standard InChI is InChI=1S/C18H22N2O3S/c1-13-5-8-16(12-14(13)2)18(21)20-11-3-4-15-6-9-17(10-7-15)24(19,22)23/h5-10,12H,3-4,11H2,1-2H3,(H,20,21)(H2,19,22,23). The highest BCUT2D eigenvalue weighted by atomic mass is 32.2. The first kappa shape index (κ1) is 18.2. The van der Waals surface area contributed by atoms with Gasteiger partial charge in [0.05, 0.1) is 4.90 Å². The molecule has 2 rings (SSSR count). The van der Waals surface area contributed by atoms with Crippen molar-refractivity contribution in [2.24, 2.45) is 5.14 Å². The Labute approximate surface area is 142 Å². The van der Waals surface area contributed by atoms with Gasteiger partial charge in [0.25, 0.3) is 5.91 Å². The lowest BCUT2D eigenvalue weighted by Crippen LogP contribution is -2.24. The fourth-order valence-corrected chi connectivity index (χ4v) is 2.84. The van der Waals surface area contributed by atoms with Crippen LogP contribution in [0, 0.1) is 13.8 Å². The molecule has 1 amide bonds. The van der Waals surface area contributed by atoms with Gasteiger partial charge in [0.1, 0.15) is 0 Å². The monoisotopic (exact) mass is 346 g/mol. The van der Waals surface area contributed by atoms with E-state index in [1.165, 1.54) is 12.1 Å². The molecule has 0 aliphatic carbocycles. The smallest absolute Gasteiger partial charge is 0.251 e. The first-order chi connectivity index (χ1) is 11.3. The third kappa shape index (κ3) is 4.91. The number of nitrogens with one attached hydrogen (secondary N) is 1. The van der Waals surface area contributed by atoms with Crippen LogP contribution in [0.15, 0.2) is 47.4 Å².